The zero-order valence-corrected chi connectivity index (χ0v) is 18.6. The van der Waals surface area contributed by atoms with Crippen LogP contribution < -0.4 is 4.87 Å². The summed E-state index contributed by atoms with van der Waals surface area (Å²) in [7, 11) is 0. The fourth-order valence-corrected chi connectivity index (χ4v) is 4.63. The van der Waals surface area contributed by atoms with E-state index in [-0.39, 0.29) is 11.5 Å². The highest BCUT2D eigenvalue weighted by Gasteiger charge is 2.11. The van der Waals surface area contributed by atoms with Crippen molar-refractivity contribution < 1.29 is 9.53 Å². The number of carbonyl (C=O) groups is 1. The molecule has 0 spiro atoms. The Bertz CT molecular complexity index is 1230. The van der Waals surface area contributed by atoms with E-state index in [1.165, 1.54) is 6.08 Å². The molecule has 0 amide bonds. The molecule has 0 atom stereocenters. The molecule has 4 rings (SSSR count). The molecule has 0 aliphatic rings. The van der Waals surface area contributed by atoms with Gasteiger partial charge in [0.05, 0.1) is 18.0 Å². The molecular weight excluding hydrogens is 430 g/mol. The number of thiophene rings is 1. The zero-order chi connectivity index (χ0) is 21.6. The first kappa shape index (κ1) is 21.0. The fraction of sp³-hybridized carbons (Fsp3) is 0.174. The second-order valence-electron chi connectivity index (χ2n) is 6.89. The smallest absolute Gasteiger partial charge is 0.330 e. The molecule has 0 aliphatic carbocycles. The van der Waals surface area contributed by atoms with Crippen molar-refractivity contribution in [2.75, 3.05) is 6.61 Å². The summed E-state index contributed by atoms with van der Waals surface area (Å²) in [5.41, 5.74) is 3.69. The lowest BCUT2D eigenvalue weighted by atomic mass is 10.2. The van der Waals surface area contributed by atoms with Gasteiger partial charge in [-0.3, -0.25) is 14.0 Å². The molecule has 3 aromatic heterocycles. The number of hydrogen-bond acceptors (Lipinski definition) is 6. The number of ether oxygens (including phenoxy) is 1. The molecule has 158 valence electrons. The average Bonchev–Trinajstić information content (AvgIpc) is 3.50. The molecule has 8 heteroatoms. The normalized spacial score (nSPS) is 11.3. The Balaban J connectivity index is 1.45. The van der Waals surface area contributed by atoms with E-state index >= 15 is 0 Å². The number of rotatable bonds is 8. The molecule has 0 N–H and O–H groups in total. The van der Waals surface area contributed by atoms with Crippen LogP contribution in [0, 0.1) is 6.92 Å². The Kier molecular flexibility index (Phi) is 6.59. The molecule has 0 radical (unpaired) electrons. The van der Waals surface area contributed by atoms with Gasteiger partial charge in [0.2, 0.25) is 0 Å². The van der Waals surface area contributed by atoms with Crippen LogP contribution in [0.4, 0.5) is 0 Å². The van der Waals surface area contributed by atoms with Crippen molar-refractivity contribution in [3.63, 3.8) is 0 Å². The number of carbonyl (C=O) groups excluding carboxylic acids is 1. The number of benzene rings is 1. The van der Waals surface area contributed by atoms with Crippen molar-refractivity contribution in [2.45, 2.75) is 20.0 Å². The molecule has 0 fully saturated rings. The van der Waals surface area contributed by atoms with Gasteiger partial charge < -0.3 is 4.74 Å². The van der Waals surface area contributed by atoms with Crippen LogP contribution in [-0.4, -0.2) is 26.9 Å². The highest BCUT2D eigenvalue weighted by atomic mass is 32.1. The van der Waals surface area contributed by atoms with E-state index in [1.807, 2.05) is 53.5 Å². The standard InChI is InChI=1S/C23H21N3O3S2/c1-17-16-31-23(28)26(17)11-12-29-21(27)10-9-19-15-25(14-18-6-3-2-4-7-18)24-22(19)20-8-5-13-30-20/h2-10,13,15-16H,11-12,14H2,1H3/b10-9+. The van der Waals surface area contributed by atoms with Gasteiger partial charge >= 0.3 is 10.8 Å². The molecular formula is C23H21N3O3S2. The van der Waals surface area contributed by atoms with Crippen molar-refractivity contribution in [1.29, 1.82) is 0 Å². The maximum atomic E-state index is 12.2. The van der Waals surface area contributed by atoms with E-state index in [2.05, 4.69) is 12.1 Å². The van der Waals surface area contributed by atoms with E-state index in [9.17, 15) is 9.59 Å². The van der Waals surface area contributed by atoms with Crippen LogP contribution in [-0.2, 0) is 22.6 Å². The van der Waals surface area contributed by atoms with Crippen molar-refractivity contribution in [1.82, 2.24) is 14.3 Å². The first-order valence-electron chi connectivity index (χ1n) is 9.75. The zero-order valence-electron chi connectivity index (χ0n) is 16.9. The Labute approximate surface area is 187 Å². The monoisotopic (exact) mass is 451 g/mol. The minimum Gasteiger partial charge on any atom is -0.461 e. The van der Waals surface area contributed by atoms with E-state index in [4.69, 9.17) is 9.84 Å². The molecule has 0 bridgehead atoms. The van der Waals surface area contributed by atoms with Crippen LogP contribution >= 0.6 is 22.7 Å². The summed E-state index contributed by atoms with van der Waals surface area (Å²) in [4.78, 5) is 24.9. The number of aryl methyl sites for hydroxylation is 1. The molecule has 1 aromatic carbocycles. The van der Waals surface area contributed by atoms with Gasteiger partial charge in [-0.2, -0.15) is 5.10 Å². The molecule has 6 nitrogen and oxygen atoms in total. The quantitative estimate of drug-likeness (QED) is 0.293. The van der Waals surface area contributed by atoms with Gasteiger partial charge in [-0.1, -0.05) is 47.7 Å². The predicted octanol–water partition coefficient (Wildman–Crippen LogP) is 4.45. The molecule has 31 heavy (non-hydrogen) atoms. The Morgan fingerprint density at radius 1 is 1.16 bits per heavy atom. The molecule has 0 saturated heterocycles. The topological polar surface area (TPSA) is 66.1 Å². The molecule has 4 aromatic rings. The number of thiazole rings is 1. The minimum absolute atomic E-state index is 0.0458. The minimum atomic E-state index is -0.450. The lowest BCUT2D eigenvalue weighted by Crippen LogP contribution is -2.19. The van der Waals surface area contributed by atoms with Gasteiger partial charge in [0.1, 0.15) is 12.3 Å². The summed E-state index contributed by atoms with van der Waals surface area (Å²) in [5, 5.41) is 8.52. The van der Waals surface area contributed by atoms with Crippen LogP contribution in [0.2, 0.25) is 0 Å². The number of hydrogen-bond donors (Lipinski definition) is 0. The third-order valence-corrected chi connectivity index (χ3v) is 6.42. The number of nitrogens with zero attached hydrogens (tertiary/aromatic N) is 3. The number of aromatic nitrogens is 3. The largest absolute Gasteiger partial charge is 0.461 e. The van der Waals surface area contributed by atoms with Crippen molar-refractivity contribution >= 4 is 34.7 Å². The van der Waals surface area contributed by atoms with Gasteiger partial charge in [-0.25, -0.2) is 4.79 Å². The van der Waals surface area contributed by atoms with Gasteiger partial charge in [-0.15, -0.1) is 11.3 Å². The molecule has 0 saturated carbocycles. The molecule has 0 aliphatic heterocycles. The molecule has 0 unspecified atom stereocenters. The van der Waals surface area contributed by atoms with Crippen LogP contribution in [0.25, 0.3) is 16.6 Å². The van der Waals surface area contributed by atoms with Crippen molar-refractivity contribution in [3.05, 3.63) is 92.0 Å². The molecule has 3 heterocycles. The Morgan fingerprint density at radius 2 is 2.00 bits per heavy atom. The lowest BCUT2D eigenvalue weighted by molar-refractivity contribution is -0.137. The highest BCUT2D eigenvalue weighted by Crippen LogP contribution is 2.27. The van der Waals surface area contributed by atoms with Crippen LogP contribution in [0.15, 0.2) is 70.3 Å². The first-order chi connectivity index (χ1) is 15.1. The summed E-state index contributed by atoms with van der Waals surface area (Å²) in [5.74, 6) is -0.450. The summed E-state index contributed by atoms with van der Waals surface area (Å²) < 4.78 is 8.75. The average molecular weight is 452 g/mol. The summed E-state index contributed by atoms with van der Waals surface area (Å²) in [6.45, 7) is 3.00. The predicted molar refractivity (Wildman–Crippen MR) is 124 cm³/mol. The third kappa shape index (κ3) is 5.28. The highest BCUT2D eigenvalue weighted by molar-refractivity contribution is 7.13. The van der Waals surface area contributed by atoms with Gasteiger partial charge in [0.25, 0.3) is 0 Å². The maximum Gasteiger partial charge on any atom is 0.330 e. The maximum absolute atomic E-state index is 12.2. The van der Waals surface area contributed by atoms with Gasteiger partial charge in [0, 0.05) is 28.9 Å². The summed E-state index contributed by atoms with van der Waals surface area (Å²) in [6.07, 6.45) is 5.07. The van der Waals surface area contributed by atoms with Gasteiger partial charge in [0.15, 0.2) is 0 Å². The van der Waals surface area contributed by atoms with Crippen molar-refractivity contribution in [2.24, 2.45) is 0 Å². The van der Waals surface area contributed by atoms with E-state index in [0.717, 1.165) is 38.7 Å². The second kappa shape index (κ2) is 9.72. The van der Waals surface area contributed by atoms with E-state index in [1.54, 1.807) is 27.4 Å². The van der Waals surface area contributed by atoms with Crippen LogP contribution in [0.1, 0.15) is 16.8 Å². The Hall–Kier alpha value is -3.23. The van der Waals surface area contributed by atoms with Crippen LogP contribution in [0.3, 0.4) is 0 Å². The third-order valence-electron chi connectivity index (χ3n) is 4.67. The van der Waals surface area contributed by atoms with E-state index in [0.29, 0.717) is 13.1 Å². The van der Waals surface area contributed by atoms with E-state index < -0.39 is 5.97 Å². The van der Waals surface area contributed by atoms with Crippen LogP contribution in [0.5, 0.6) is 0 Å². The SMILES string of the molecule is Cc1csc(=O)n1CCOC(=O)/C=C/c1cn(Cc2ccccc2)nc1-c1cccs1. The summed E-state index contributed by atoms with van der Waals surface area (Å²) in [6, 6.07) is 14.1. The van der Waals surface area contributed by atoms with Crippen molar-refractivity contribution in [3.8, 4) is 10.6 Å². The second-order valence-corrected chi connectivity index (χ2v) is 8.66. The fourth-order valence-electron chi connectivity index (χ4n) is 3.13. The number of esters is 1. The Morgan fingerprint density at radius 3 is 2.71 bits per heavy atom. The van der Waals surface area contributed by atoms with Gasteiger partial charge in [-0.05, 0) is 30.0 Å². The summed E-state index contributed by atoms with van der Waals surface area (Å²) >= 11 is 2.75. The lowest BCUT2D eigenvalue weighted by Gasteiger charge is -2.04. The first-order valence-corrected chi connectivity index (χ1v) is 11.5.